The standard InChI is InChI=1S/C44H24N4O/c1-45-28-20-23-38-34(26-28)30-13-6-8-16-36(30)48(38)39-17-10-15-35(46-2)42(39)27-19-22-37-33(25-27)31-21-24-41-43(32-14-7-9-18-40(32)49-41)44(31)47(37)29-11-4-3-5-12-29/h3-26H. The normalized spacial score (nSPS) is 11.6. The first-order chi connectivity index (χ1) is 24.2. The number of fused-ring (bicyclic) bond motifs is 10. The van der Waals surface area contributed by atoms with Crippen LogP contribution in [0.1, 0.15) is 0 Å². The Labute approximate surface area is 280 Å². The fourth-order valence-corrected chi connectivity index (χ4v) is 7.71. The van der Waals surface area contributed by atoms with Crippen LogP contribution in [-0.2, 0) is 0 Å². The van der Waals surface area contributed by atoms with E-state index in [9.17, 15) is 0 Å². The Morgan fingerprint density at radius 3 is 2.08 bits per heavy atom. The minimum atomic E-state index is 0.579. The van der Waals surface area contributed by atoms with Crippen molar-refractivity contribution < 1.29 is 4.42 Å². The third kappa shape index (κ3) is 3.79. The minimum absolute atomic E-state index is 0.579. The van der Waals surface area contributed by atoms with E-state index in [2.05, 4.69) is 104 Å². The molecule has 3 aromatic heterocycles. The quantitative estimate of drug-likeness (QED) is 0.180. The van der Waals surface area contributed by atoms with Gasteiger partial charge in [0.05, 0.1) is 40.6 Å². The summed E-state index contributed by atoms with van der Waals surface area (Å²) in [5, 5.41) is 6.46. The molecule has 0 saturated carbocycles. The third-order valence-corrected chi connectivity index (χ3v) is 9.74. The molecule has 10 aromatic rings. The van der Waals surface area contributed by atoms with E-state index in [1.54, 1.807) is 0 Å². The fraction of sp³-hybridized carbons (Fsp3) is 0. The molecule has 7 aromatic carbocycles. The molecule has 0 fully saturated rings. The average molecular weight is 625 g/mol. The van der Waals surface area contributed by atoms with Gasteiger partial charge in [-0.05, 0) is 77.7 Å². The van der Waals surface area contributed by atoms with Crippen LogP contribution in [0.2, 0.25) is 0 Å². The summed E-state index contributed by atoms with van der Waals surface area (Å²) in [6.07, 6.45) is 0. The molecule has 0 aliphatic heterocycles. The summed E-state index contributed by atoms with van der Waals surface area (Å²) in [7, 11) is 0. The van der Waals surface area contributed by atoms with E-state index < -0.39 is 0 Å². The number of furan rings is 1. The van der Waals surface area contributed by atoms with Gasteiger partial charge < -0.3 is 13.6 Å². The molecule has 0 aliphatic rings. The van der Waals surface area contributed by atoms with E-state index in [4.69, 9.17) is 17.6 Å². The first-order valence-corrected chi connectivity index (χ1v) is 16.1. The van der Waals surface area contributed by atoms with Crippen molar-refractivity contribution in [2.45, 2.75) is 0 Å². The van der Waals surface area contributed by atoms with E-state index in [1.807, 2.05) is 60.7 Å². The Morgan fingerprint density at radius 1 is 0.490 bits per heavy atom. The Morgan fingerprint density at radius 2 is 1.22 bits per heavy atom. The summed E-state index contributed by atoms with van der Waals surface area (Å²) in [5.41, 5.74) is 10.9. The molecule has 0 N–H and O–H groups in total. The van der Waals surface area contributed by atoms with Gasteiger partial charge in [-0.15, -0.1) is 0 Å². The summed E-state index contributed by atoms with van der Waals surface area (Å²) < 4.78 is 10.9. The Kier molecular flexibility index (Phi) is 5.64. The molecular weight excluding hydrogens is 601 g/mol. The topological polar surface area (TPSA) is 31.7 Å². The molecule has 0 aliphatic carbocycles. The van der Waals surface area contributed by atoms with Crippen molar-refractivity contribution in [3.63, 3.8) is 0 Å². The van der Waals surface area contributed by atoms with Crippen LogP contribution in [0, 0.1) is 13.1 Å². The summed E-state index contributed by atoms with van der Waals surface area (Å²) in [4.78, 5) is 7.75. The molecule has 10 rings (SSSR count). The zero-order chi connectivity index (χ0) is 32.6. The van der Waals surface area contributed by atoms with E-state index in [0.29, 0.717) is 11.4 Å². The van der Waals surface area contributed by atoms with Crippen molar-refractivity contribution in [2.75, 3.05) is 0 Å². The van der Waals surface area contributed by atoms with Gasteiger partial charge >= 0.3 is 0 Å². The second-order valence-corrected chi connectivity index (χ2v) is 12.3. The maximum Gasteiger partial charge on any atom is 0.196 e. The van der Waals surface area contributed by atoms with Gasteiger partial charge in [-0.1, -0.05) is 78.9 Å². The third-order valence-electron chi connectivity index (χ3n) is 9.74. The molecule has 0 atom stereocenters. The first kappa shape index (κ1) is 27.1. The smallest absolute Gasteiger partial charge is 0.196 e. The number of hydrogen-bond acceptors (Lipinski definition) is 1. The molecule has 0 bridgehead atoms. The minimum Gasteiger partial charge on any atom is -0.456 e. The lowest BCUT2D eigenvalue weighted by Gasteiger charge is -2.16. The van der Waals surface area contributed by atoms with Crippen LogP contribution in [0.3, 0.4) is 0 Å². The summed E-state index contributed by atoms with van der Waals surface area (Å²) in [5.74, 6) is 0. The lowest BCUT2D eigenvalue weighted by Crippen LogP contribution is -1.97. The van der Waals surface area contributed by atoms with Crippen molar-refractivity contribution >= 4 is 76.9 Å². The number of rotatable bonds is 3. The molecule has 0 spiro atoms. The van der Waals surface area contributed by atoms with Gasteiger partial charge in [0, 0.05) is 38.5 Å². The van der Waals surface area contributed by atoms with E-state index in [1.165, 1.54) is 0 Å². The van der Waals surface area contributed by atoms with E-state index in [-0.39, 0.29) is 0 Å². The van der Waals surface area contributed by atoms with E-state index in [0.717, 1.165) is 88.1 Å². The molecular formula is C44H24N4O. The zero-order valence-electron chi connectivity index (χ0n) is 26.1. The molecule has 3 heterocycles. The highest BCUT2D eigenvalue weighted by molar-refractivity contribution is 6.25. The number of hydrogen-bond donors (Lipinski definition) is 0. The predicted molar refractivity (Wildman–Crippen MR) is 200 cm³/mol. The summed E-state index contributed by atoms with van der Waals surface area (Å²) >= 11 is 0. The van der Waals surface area contributed by atoms with Gasteiger partial charge in [0.15, 0.2) is 11.4 Å². The highest BCUT2D eigenvalue weighted by Crippen LogP contribution is 2.45. The molecule has 0 amide bonds. The van der Waals surface area contributed by atoms with Crippen molar-refractivity contribution in [1.82, 2.24) is 9.13 Å². The first-order valence-electron chi connectivity index (χ1n) is 16.1. The van der Waals surface area contributed by atoms with Crippen molar-refractivity contribution in [3.05, 3.63) is 168 Å². The molecule has 0 saturated heterocycles. The van der Waals surface area contributed by atoms with Crippen LogP contribution in [0.25, 0.3) is 97.7 Å². The molecule has 5 heteroatoms. The van der Waals surface area contributed by atoms with Crippen LogP contribution >= 0.6 is 0 Å². The lowest BCUT2D eigenvalue weighted by atomic mass is 9.98. The lowest BCUT2D eigenvalue weighted by molar-refractivity contribution is 0.669. The Bertz CT molecular complexity index is 3070. The monoisotopic (exact) mass is 624 g/mol. The van der Waals surface area contributed by atoms with Gasteiger partial charge in [-0.3, -0.25) is 0 Å². The Hall–Kier alpha value is -7.08. The maximum atomic E-state index is 8.26. The van der Waals surface area contributed by atoms with Gasteiger partial charge in [0.1, 0.15) is 11.2 Å². The van der Waals surface area contributed by atoms with Crippen LogP contribution in [-0.4, -0.2) is 9.13 Å². The van der Waals surface area contributed by atoms with E-state index >= 15 is 0 Å². The summed E-state index contributed by atoms with van der Waals surface area (Å²) in [6, 6.07) is 49.6. The molecule has 226 valence electrons. The van der Waals surface area contributed by atoms with Gasteiger partial charge in [0.25, 0.3) is 0 Å². The number of benzene rings is 7. The predicted octanol–water partition coefficient (Wildman–Crippen LogP) is 12.5. The van der Waals surface area contributed by atoms with Crippen molar-refractivity contribution in [1.29, 1.82) is 0 Å². The second-order valence-electron chi connectivity index (χ2n) is 12.3. The van der Waals surface area contributed by atoms with Gasteiger partial charge in [0.2, 0.25) is 0 Å². The number of aromatic nitrogens is 2. The molecule has 5 nitrogen and oxygen atoms in total. The zero-order valence-corrected chi connectivity index (χ0v) is 26.1. The molecule has 0 unspecified atom stereocenters. The van der Waals surface area contributed by atoms with Gasteiger partial charge in [-0.25, -0.2) is 9.69 Å². The SMILES string of the molecule is [C-]#[N+]c1ccc2c(c1)c1ccccc1n2-c1cccc([N+]#[C-])c1-c1ccc2c(c1)c1ccc3oc4ccccc4c3c1n2-c1ccccc1. The maximum absolute atomic E-state index is 8.26. The van der Waals surface area contributed by atoms with Crippen LogP contribution < -0.4 is 0 Å². The molecule has 49 heavy (non-hydrogen) atoms. The summed E-state index contributed by atoms with van der Waals surface area (Å²) in [6.45, 7) is 15.9. The van der Waals surface area contributed by atoms with Gasteiger partial charge in [-0.2, -0.15) is 0 Å². The fourth-order valence-electron chi connectivity index (χ4n) is 7.71. The second kappa shape index (κ2) is 10.2. The molecule has 0 radical (unpaired) electrons. The number of nitrogens with zero attached hydrogens (tertiary/aromatic N) is 4. The largest absolute Gasteiger partial charge is 0.456 e. The van der Waals surface area contributed by atoms with Crippen molar-refractivity contribution in [2.24, 2.45) is 0 Å². The van der Waals surface area contributed by atoms with Crippen LogP contribution in [0.15, 0.2) is 150 Å². The van der Waals surface area contributed by atoms with Crippen LogP contribution in [0.4, 0.5) is 11.4 Å². The van der Waals surface area contributed by atoms with Crippen molar-refractivity contribution in [3.8, 4) is 22.5 Å². The number of para-hydroxylation sites is 3. The van der Waals surface area contributed by atoms with Crippen LogP contribution in [0.5, 0.6) is 0 Å². The highest BCUT2D eigenvalue weighted by atomic mass is 16.3. The average Bonchev–Trinajstić information content (AvgIpc) is 3.81. The highest BCUT2D eigenvalue weighted by Gasteiger charge is 2.22. The Balaban J connectivity index is 1.32.